The molecule has 0 aliphatic heterocycles. The van der Waals surface area contributed by atoms with Gasteiger partial charge in [0.1, 0.15) is 12.7 Å². The Kier molecular flexibility index (Phi) is 2.76. The van der Waals surface area contributed by atoms with Crippen LogP contribution in [0.4, 0.5) is 0 Å². The van der Waals surface area contributed by atoms with Gasteiger partial charge in [0.25, 0.3) is 0 Å². The summed E-state index contributed by atoms with van der Waals surface area (Å²) in [4.78, 5) is 7.72. The Morgan fingerprint density at radius 3 is 2.42 bits per heavy atom. The summed E-state index contributed by atoms with van der Waals surface area (Å²) in [5.41, 5.74) is 0.970. The average molecular weight is 183 g/mol. The van der Waals surface area contributed by atoms with Crippen molar-refractivity contribution in [2.45, 2.75) is 0 Å². The van der Waals surface area contributed by atoms with Crippen LogP contribution >= 0.6 is 12.4 Å². The molecule has 62 valence electrons. The van der Waals surface area contributed by atoms with Crippen LogP contribution in [0.5, 0.6) is 0 Å². The van der Waals surface area contributed by atoms with Gasteiger partial charge in [0.05, 0.1) is 5.69 Å². The maximum absolute atomic E-state index is 3.96. The highest BCUT2D eigenvalue weighted by molar-refractivity contribution is 5.85. The van der Waals surface area contributed by atoms with Gasteiger partial charge < -0.3 is 0 Å². The van der Waals surface area contributed by atoms with Crippen molar-refractivity contribution in [1.29, 1.82) is 0 Å². The summed E-state index contributed by atoms with van der Waals surface area (Å²) in [5.74, 6) is 0. The van der Waals surface area contributed by atoms with E-state index >= 15 is 0 Å². The topological polar surface area (TPSA) is 43.6 Å². The smallest absolute Gasteiger partial charge is 0.138 e. The van der Waals surface area contributed by atoms with Crippen molar-refractivity contribution in [2.24, 2.45) is 0 Å². The summed E-state index contributed by atoms with van der Waals surface area (Å²) in [6.07, 6.45) is 6.59. The Morgan fingerprint density at radius 1 is 1.08 bits per heavy atom. The zero-order valence-corrected chi connectivity index (χ0v) is 6.98. The molecule has 2 heterocycles. The fraction of sp³-hybridized carbons (Fsp3) is 0. The van der Waals surface area contributed by atoms with Crippen LogP contribution in [0.1, 0.15) is 0 Å². The van der Waals surface area contributed by atoms with Crippen LogP contribution in [0, 0.1) is 0 Å². The van der Waals surface area contributed by atoms with Crippen molar-refractivity contribution in [3.63, 3.8) is 0 Å². The Morgan fingerprint density at radius 2 is 1.83 bits per heavy atom. The molecule has 0 radical (unpaired) electrons. The highest BCUT2D eigenvalue weighted by atomic mass is 35.5. The van der Waals surface area contributed by atoms with Crippen LogP contribution in [-0.4, -0.2) is 19.7 Å². The van der Waals surface area contributed by atoms with Crippen LogP contribution in [-0.2, 0) is 0 Å². The number of hydrogen-bond acceptors (Lipinski definition) is 3. The van der Waals surface area contributed by atoms with Gasteiger partial charge >= 0.3 is 0 Å². The molecule has 0 N–H and O–H groups in total. The molecule has 0 saturated heterocycles. The first kappa shape index (κ1) is 8.67. The summed E-state index contributed by atoms with van der Waals surface area (Å²) in [6.45, 7) is 0. The highest BCUT2D eigenvalue weighted by Crippen LogP contribution is 2.00. The summed E-state index contributed by atoms with van der Waals surface area (Å²) >= 11 is 0. The molecule has 5 heteroatoms. The molecule has 0 saturated carbocycles. The molecule has 0 bridgehead atoms. The summed E-state index contributed by atoms with van der Waals surface area (Å²) in [7, 11) is 0. The number of hydrogen-bond donors (Lipinski definition) is 0. The maximum atomic E-state index is 3.96. The number of nitrogens with zero attached hydrogens (tertiary/aromatic N) is 4. The molecule has 0 spiro atoms. The zero-order chi connectivity index (χ0) is 7.52. The first-order valence-corrected chi connectivity index (χ1v) is 3.22. The van der Waals surface area contributed by atoms with Crippen molar-refractivity contribution in [3.05, 3.63) is 37.2 Å². The van der Waals surface area contributed by atoms with Crippen LogP contribution in [0.2, 0.25) is 0 Å². The third-order valence-electron chi connectivity index (χ3n) is 1.35. The van der Waals surface area contributed by atoms with Gasteiger partial charge in [-0.1, -0.05) is 0 Å². The van der Waals surface area contributed by atoms with Gasteiger partial charge in [-0.15, -0.1) is 12.4 Å². The number of pyridine rings is 1. The first-order chi connectivity index (χ1) is 5.47. The van der Waals surface area contributed by atoms with Gasteiger partial charge in [-0.05, 0) is 12.1 Å². The summed E-state index contributed by atoms with van der Waals surface area (Å²) in [5, 5.41) is 3.96. The second kappa shape index (κ2) is 3.82. The molecule has 0 amide bonds. The molecule has 0 aliphatic rings. The van der Waals surface area contributed by atoms with E-state index < -0.39 is 0 Å². The first-order valence-electron chi connectivity index (χ1n) is 3.22. The summed E-state index contributed by atoms with van der Waals surface area (Å²) in [6, 6.07) is 3.74. The Hall–Kier alpha value is -1.42. The normalized spacial score (nSPS) is 9.00. The van der Waals surface area contributed by atoms with E-state index in [1.807, 2.05) is 12.1 Å². The van der Waals surface area contributed by atoms with Crippen molar-refractivity contribution in [2.75, 3.05) is 0 Å². The van der Waals surface area contributed by atoms with Crippen LogP contribution in [0.3, 0.4) is 0 Å². The van der Waals surface area contributed by atoms with E-state index in [2.05, 4.69) is 15.1 Å². The van der Waals surface area contributed by atoms with Crippen LogP contribution in [0.15, 0.2) is 37.2 Å². The molecular formula is C7H7ClN4. The predicted molar refractivity (Wildman–Crippen MR) is 46.4 cm³/mol. The number of aromatic nitrogens is 4. The molecular weight excluding hydrogens is 176 g/mol. The average Bonchev–Trinajstić information content (AvgIpc) is 2.58. The Labute approximate surface area is 75.7 Å². The lowest BCUT2D eigenvalue weighted by Gasteiger charge is -1.95. The van der Waals surface area contributed by atoms with E-state index in [-0.39, 0.29) is 12.4 Å². The third-order valence-corrected chi connectivity index (χ3v) is 1.35. The molecule has 0 aromatic carbocycles. The molecule has 0 unspecified atom stereocenters. The molecule has 4 nitrogen and oxygen atoms in total. The van der Waals surface area contributed by atoms with E-state index in [1.54, 1.807) is 23.4 Å². The predicted octanol–water partition coefficient (Wildman–Crippen LogP) is 1.08. The van der Waals surface area contributed by atoms with Gasteiger partial charge in [0.15, 0.2) is 0 Å². The lowest BCUT2D eigenvalue weighted by molar-refractivity contribution is 0.876. The number of halogens is 1. The fourth-order valence-electron chi connectivity index (χ4n) is 0.838. The fourth-order valence-corrected chi connectivity index (χ4v) is 0.838. The van der Waals surface area contributed by atoms with E-state index in [9.17, 15) is 0 Å². The van der Waals surface area contributed by atoms with Gasteiger partial charge in [-0.3, -0.25) is 4.98 Å². The second-order valence-electron chi connectivity index (χ2n) is 2.05. The molecule has 2 aromatic rings. The highest BCUT2D eigenvalue weighted by Gasteiger charge is 1.92. The molecule has 0 aliphatic carbocycles. The van der Waals surface area contributed by atoms with Crippen molar-refractivity contribution in [3.8, 4) is 5.69 Å². The monoisotopic (exact) mass is 182 g/mol. The molecule has 2 aromatic heterocycles. The van der Waals surface area contributed by atoms with Crippen LogP contribution < -0.4 is 0 Å². The summed E-state index contributed by atoms with van der Waals surface area (Å²) < 4.78 is 1.68. The van der Waals surface area contributed by atoms with Crippen molar-refractivity contribution < 1.29 is 0 Å². The van der Waals surface area contributed by atoms with Gasteiger partial charge in [0, 0.05) is 12.4 Å². The Bertz CT molecular complexity index is 318. The minimum atomic E-state index is 0. The largest absolute Gasteiger partial charge is 0.265 e. The molecule has 0 atom stereocenters. The molecule has 2 rings (SSSR count). The van der Waals surface area contributed by atoms with E-state index in [4.69, 9.17) is 0 Å². The Balaban J connectivity index is 0.000000720. The van der Waals surface area contributed by atoms with Gasteiger partial charge in [0.2, 0.25) is 0 Å². The quantitative estimate of drug-likeness (QED) is 0.663. The lowest BCUT2D eigenvalue weighted by Crippen LogP contribution is -1.93. The standard InChI is InChI=1S/C7H6N4.ClH/c1-3-8-4-2-7(1)11-6-9-5-10-11;/h1-6H;1H. The minimum Gasteiger partial charge on any atom is -0.265 e. The van der Waals surface area contributed by atoms with Crippen LogP contribution in [0.25, 0.3) is 5.69 Å². The minimum absolute atomic E-state index is 0. The van der Waals surface area contributed by atoms with Crippen molar-refractivity contribution in [1.82, 2.24) is 19.7 Å². The van der Waals surface area contributed by atoms with E-state index in [0.29, 0.717) is 0 Å². The SMILES string of the molecule is Cl.c1cc(-n2cncn2)ccn1. The molecule has 0 fully saturated rings. The van der Waals surface area contributed by atoms with E-state index in [1.165, 1.54) is 6.33 Å². The molecule has 12 heavy (non-hydrogen) atoms. The third kappa shape index (κ3) is 1.60. The maximum Gasteiger partial charge on any atom is 0.138 e. The van der Waals surface area contributed by atoms with Gasteiger partial charge in [-0.2, -0.15) is 5.10 Å². The van der Waals surface area contributed by atoms with E-state index in [0.717, 1.165) is 5.69 Å². The lowest BCUT2D eigenvalue weighted by atomic mass is 10.4. The van der Waals surface area contributed by atoms with Crippen molar-refractivity contribution >= 4 is 12.4 Å². The second-order valence-corrected chi connectivity index (χ2v) is 2.05. The zero-order valence-electron chi connectivity index (χ0n) is 6.16. The van der Waals surface area contributed by atoms with Gasteiger partial charge in [-0.25, -0.2) is 9.67 Å². The number of rotatable bonds is 1.